The number of anilines is 1. The summed E-state index contributed by atoms with van der Waals surface area (Å²) in [5.74, 6) is -0.275. The second-order valence-corrected chi connectivity index (χ2v) is 4.99. The molecule has 1 atom stereocenters. The first kappa shape index (κ1) is 14.8. The Kier molecular flexibility index (Phi) is 4.93. The van der Waals surface area contributed by atoms with Crippen molar-refractivity contribution in [3.8, 4) is 0 Å². The van der Waals surface area contributed by atoms with Crippen LogP contribution in [0.3, 0.4) is 0 Å². The Morgan fingerprint density at radius 1 is 1.40 bits per heavy atom. The van der Waals surface area contributed by atoms with Gasteiger partial charge in [0.25, 0.3) is 0 Å². The van der Waals surface area contributed by atoms with Gasteiger partial charge in [0, 0.05) is 34.7 Å². The van der Waals surface area contributed by atoms with E-state index in [2.05, 4.69) is 10.3 Å². The molecule has 3 N–H and O–H groups in total. The molecule has 0 aliphatic rings. The summed E-state index contributed by atoms with van der Waals surface area (Å²) in [5, 5.41) is 3.78. The van der Waals surface area contributed by atoms with Crippen LogP contribution in [0.5, 0.6) is 0 Å². The number of rotatable bonds is 5. The van der Waals surface area contributed by atoms with Crippen molar-refractivity contribution in [3.05, 3.63) is 58.6 Å². The Hall–Kier alpha value is -1.65. The van der Waals surface area contributed by atoms with Crippen LogP contribution in [0.4, 0.5) is 10.1 Å². The molecule has 1 heterocycles. The average molecular weight is 294 g/mol. The molecule has 0 saturated carbocycles. The number of nitrogens with two attached hydrogens (primary N) is 1. The van der Waals surface area contributed by atoms with Gasteiger partial charge < -0.3 is 11.1 Å². The number of hydrogen-bond acceptors (Lipinski definition) is 3. The third kappa shape index (κ3) is 3.46. The van der Waals surface area contributed by atoms with Crippen LogP contribution >= 0.6 is 11.6 Å². The highest BCUT2D eigenvalue weighted by Crippen LogP contribution is 2.25. The summed E-state index contributed by atoms with van der Waals surface area (Å²) >= 11 is 5.96. The number of halogens is 2. The van der Waals surface area contributed by atoms with Crippen LogP contribution in [0.25, 0.3) is 0 Å². The van der Waals surface area contributed by atoms with Crippen molar-refractivity contribution in [3.63, 3.8) is 0 Å². The van der Waals surface area contributed by atoms with E-state index in [0.717, 1.165) is 12.1 Å². The highest BCUT2D eigenvalue weighted by molar-refractivity contribution is 6.30. The lowest BCUT2D eigenvalue weighted by Crippen LogP contribution is -2.24. The van der Waals surface area contributed by atoms with Crippen molar-refractivity contribution < 1.29 is 4.39 Å². The SMILES string of the molecule is CCNC(Cc1cnccc1N)c1cc(Cl)ccc1F. The maximum Gasteiger partial charge on any atom is 0.128 e. The molecule has 106 valence electrons. The van der Waals surface area contributed by atoms with Gasteiger partial charge in [-0.15, -0.1) is 0 Å². The maximum absolute atomic E-state index is 14.0. The molecule has 20 heavy (non-hydrogen) atoms. The van der Waals surface area contributed by atoms with Crippen LogP contribution in [0.15, 0.2) is 36.7 Å². The van der Waals surface area contributed by atoms with E-state index in [1.165, 1.54) is 6.07 Å². The molecule has 0 bridgehead atoms. The lowest BCUT2D eigenvalue weighted by molar-refractivity contribution is 0.510. The monoisotopic (exact) mass is 293 g/mol. The number of aromatic nitrogens is 1. The minimum absolute atomic E-state index is 0.190. The molecule has 0 aliphatic heterocycles. The molecule has 0 spiro atoms. The first-order valence-electron chi connectivity index (χ1n) is 6.48. The molecule has 1 aromatic carbocycles. The number of benzene rings is 1. The minimum Gasteiger partial charge on any atom is -0.398 e. The van der Waals surface area contributed by atoms with Gasteiger partial charge in [0.05, 0.1) is 0 Å². The smallest absolute Gasteiger partial charge is 0.128 e. The normalized spacial score (nSPS) is 12.3. The fourth-order valence-electron chi connectivity index (χ4n) is 2.15. The van der Waals surface area contributed by atoms with Crippen LogP contribution in [0.1, 0.15) is 24.1 Å². The van der Waals surface area contributed by atoms with E-state index in [0.29, 0.717) is 22.7 Å². The van der Waals surface area contributed by atoms with E-state index in [-0.39, 0.29) is 11.9 Å². The number of nitrogen functional groups attached to an aromatic ring is 1. The van der Waals surface area contributed by atoms with E-state index in [1.807, 2.05) is 6.92 Å². The topological polar surface area (TPSA) is 50.9 Å². The molecule has 2 aromatic rings. The van der Waals surface area contributed by atoms with Gasteiger partial charge in [0.2, 0.25) is 0 Å². The fourth-order valence-corrected chi connectivity index (χ4v) is 2.33. The number of pyridine rings is 1. The molecule has 0 saturated heterocycles. The van der Waals surface area contributed by atoms with Gasteiger partial charge in [-0.05, 0) is 42.8 Å². The predicted molar refractivity (Wildman–Crippen MR) is 80.2 cm³/mol. The molecule has 1 unspecified atom stereocenters. The summed E-state index contributed by atoms with van der Waals surface area (Å²) < 4.78 is 14.0. The third-order valence-corrected chi connectivity index (χ3v) is 3.38. The molecule has 0 amide bonds. The van der Waals surface area contributed by atoms with Crippen LogP contribution < -0.4 is 11.1 Å². The van der Waals surface area contributed by atoms with Gasteiger partial charge in [-0.25, -0.2) is 4.39 Å². The average Bonchev–Trinajstić information content (AvgIpc) is 2.43. The third-order valence-electron chi connectivity index (χ3n) is 3.15. The molecule has 0 aliphatic carbocycles. The lowest BCUT2D eigenvalue weighted by atomic mass is 9.98. The summed E-state index contributed by atoms with van der Waals surface area (Å²) in [6.07, 6.45) is 3.91. The van der Waals surface area contributed by atoms with E-state index >= 15 is 0 Å². The molecule has 2 rings (SSSR count). The van der Waals surface area contributed by atoms with Crippen LogP contribution in [0.2, 0.25) is 5.02 Å². The number of nitrogens with one attached hydrogen (secondary N) is 1. The van der Waals surface area contributed by atoms with E-state index in [4.69, 9.17) is 17.3 Å². The van der Waals surface area contributed by atoms with Crippen molar-refractivity contribution in [1.29, 1.82) is 0 Å². The Morgan fingerprint density at radius 3 is 2.90 bits per heavy atom. The second-order valence-electron chi connectivity index (χ2n) is 4.55. The lowest BCUT2D eigenvalue weighted by Gasteiger charge is -2.20. The minimum atomic E-state index is -0.275. The van der Waals surface area contributed by atoms with Crippen molar-refractivity contribution in [1.82, 2.24) is 10.3 Å². The van der Waals surface area contributed by atoms with E-state index < -0.39 is 0 Å². The molecule has 3 nitrogen and oxygen atoms in total. The molecule has 1 aromatic heterocycles. The summed E-state index contributed by atoms with van der Waals surface area (Å²) in [6, 6.07) is 6.13. The summed E-state index contributed by atoms with van der Waals surface area (Å²) in [6.45, 7) is 2.69. The first-order chi connectivity index (χ1) is 9.61. The number of nitrogens with zero attached hydrogens (tertiary/aromatic N) is 1. The largest absolute Gasteiger partial charge is 0.398 e. The van der Waals surface area contributed by atoms with Crippen molar-refractivity contribution in [2.45, 2.75) is 19.4 Å². The fraction of sp³-hybridized carbons (Fsp3) is 0.267. The summed E-state index contributed by atoms with van der Waals surface area (Å²) in [7, 11) is 0. The van der Waals surface area contributed by atoms with Crippen LogP contribution in [-0.4, -0.2) is 11.5 Å². The van der Waals surface area contributed by atoms with E-state index in [1.54, 1.807) is 30.6 Å². The van der Waals surface area contributed by atoms with Crippen molar-refractivity contribution >= 4 is 17.3 Å². The van der Waals surface area contributed by atoms with Gasteiger partial charge in [-0.3, -0.25) is 4.98 Å². The van der Waals surface area contributed by atoms with Crippen LogP contribution in [-0.2, 0) is 6.42 Å². The van der Waals surface area contributed by atoms with Gasteiger partial charge in [-0.2, -0.15) is 0 Å². The second kappa shape index (κ2) is 6.68. The van der Waals surface area contributed by atoms with Gasteiger partial charge >= 0.3 is 0 Å². The molecular weight excluding hydrogens is 277 g/mol. The van der Waals surface area contributed by atoms with Crippen molar-refractivity contribution in [2.75, 3.05) is 12.3 Å². The quantitative estimate of drug-likeness (QED) is 0.889. The van der Waals surface area contributed by atoms with Crippen LogP contribution in [0, 0.1) is 5.82 Å². The Bertz CT molecular complexity index is 589. The highest BCUT2D eigenvalue weighted by Gasteiger charge is 2.17. The zero-order valence-electron chi connectivity index (χ0n) is 11.2. The Balaban J connectivity index is 2.32. The van der Waals surface area contributed by atoms with Crippen molar-refractivity contribution in [2.24, 2.45) is 0 Å². The van der Waals surface area contributed by atoms with Gasteiger partial charge in [0.1, 0.15) is 5.82 Å². The molecule has 5 heteroatoms. The molecular formula is C15H17ClFN3. The zero-order chi connectivity index (χ0) is 14.5. The number of hydrogen-bond donors (Lipinski definition) is 2. The van der Waals surface area contributed by atoms with Gasteiger partial charge in [0.15, 0.2) is 0 Å². The van der Waals surface area contributed by atoms with E-state index in [9.17, 15) is 4.39 Å². The maximum atomic E-state index is 14.0. The highest BCUT2D eigenvalue weighted by atomic mass is 35.5. The number of likely N-dealkylation sites (N-methyl/N-ethyl adjacent to an activating group) is 1. The summed E-state index contributed by atoms with van der Waals surface area (Å²) in [4.78, 5) is 4.06. The Labute approximate surface area is 123 Å². The molecule has 0 radical (unpaired) electrons. The Morgan fingerprint density at radius 2 is 2.20 bits per heavy atom. The molecule has 0 fully saturated rings. The summed E-state index contributed by atoms with van der Waals surface area (Å²) in [5.41, 5.74) is 8.01. The zero-order valence-corrected chi connectivity index (χ0v) is 12.0. The predicted octanol–water partition coefficient (Wildman–Crippen LogP) is 3.35. The standard InChI is InChI=1S/C15H17ClFN3/c1-2-20-15(7-10-9-19-6-5-14(10)18)12-8-11(16)3-4-13(12)17/h3-6,8-9,15,20H,2,7H2,1H3,(H2,18,19). The first-order valence-corrected chi connectivity index (χ1v) is 6.86. The van der Waals surface area contributed by atoms with Gasteiger partial charge in [-0.1, -0.05) is 18.5 Å².